The highest BCUT2D eigenvalue weighted by Crippen LogP contribution is 2.49. The van der Waals surface area contributed by atoms with E-state index in [1.807, 2.05) is 11.8 Å². The summed E-state index contributed by atoms with van der Waals surface area (Å²) in [5.74, 6) is 0. The van der Waals surface area contributed by atoms with Crippen molar-refractivity contribution in [3.63, 3.8) is 0 Å². The monoisotopic (exact) mass is 525 g/mol. The molecule has 40 heavy (non-hydrogen) atoms. The SMILES string of the molecule is c1ccc2c(c1)Sc1ccc(-c3ccc(-n4c5ccccc5c5cc6ccccc6cc54)cc3)c3cccc-2c13. The van der Waals surface area contributed by atoms with Crippen LogP contribution in [0.1, 0.15) is 0 Å². The fourth-order valence-corrected chi connectivity index (χ4v) is 7.69. The molecule has 2 heteroatoms. The Labute approximate surface area is 236 Å². The largest absolute Gasteiger partial charge is 0.309 e. The van der Waals surface area contributed by atoms with E-state index in [1.165, 1.54) is 81.1 Å². The van der Waals surface area contributed by atoms with Gasteiger partial charge in [-0.05, 0) is 80.9 Å². The molecule has 0 atom stereocenters. The van der Waals surface area contributed by atoms with Gasteiger partial charge in [-0.25, -0.2) is 0 Å². The smallest absolute Gasteiger partial charge is 0.0547 e. The maximum absolute atomic E-state index is 2.41. The van der Waals surface area contributed by atoms with Gasteiger partial charge in [-0.3, -0.25) is 0 Å². The van der Waals surface area contributed by atoms with Crippen LogP contribution in [0.2, 0.25) is 0 Å². The number of nitrogens with zero attached hydrogens (tertiary/aromatic N) is 1. The lowest BCUT2D eigenvalue weighted by atomic mass is 9.92. The minimum atomic E-state index is 1.18. The first kappa shape index (κ1) is 22.1. The molecule has 8 aromatic rings. The third kappa shape index (κ3) is 3.11. The van der Waals surface area contributed by atoms with E-state index in [9.17, 15) is 0 Å². The first-order chi connectivity index (χ1) is 19.8. The summed E-state index contributed by atoms with van der Waals surface area (Å²) < 4.78 is 2.41. The summed E-state index contributed by atoms with van der Waals surface area (Å²) in [5, 5.41) is 7.79. The molecule has 0 N–H and O–H groups in total. The number of hydrogen-bond donors (Lipinski definition) is 0. The number of benzene rings is 7. The molecule has 1 aliphatic rings. The second-order valence-electron chi connectivity index (χ2n) is 10.6. The zero-order valence-corrected chi connectivity index (χ0v) is 22.5. The quantitative estimate of drug-likeness (QED) is 0.217. The van der Waals surface area contributed by atoms with Crippen LogP contribution in [0.25, 0.3) is 71.3 Å². The van der Waals surface area contributed by atoms with Crippen LogP contribution in [-0.4, -0.2) is 4.57 Å². The van der Waals surface area contributed by atoms with Crippen LogP contribution in [0.4, 0.5) is 0 Å². The van der Waals surface area contributed by atoms with Gasteiger partial charge in [0.15, 0.2) is 0 Å². The highest BCUT2D eigenvalue weighted by molar-refractivity contribution is 7.99. The Balaban J connectivity index is 1.23. The fourth-order valence-electron chi connectivity index (χ4n) is 6.56. The summed E-state index contributed by atoms with van der Waals surface area (Å²) in [4.78, 5) is 2.67. The summed E-state index contributed by atoms with van der Waals surface area (Å²) in [6, 6.07) is 51.3. The fraction of sp³-hybridized carbons (Fsp3) is 0. The minimum Gasteiger partial charge on any atom is -0.309 e. The predicted octanol–water partition coefficient (Wildman–Crippen LogP) is 10.9. The molecule has 186 valence electrons. The maximum atomic E-state index is 2.41. The van der Waals surface area contributed by atoms with E-state index >= 15 is 0 Å². The summed E-state index contributed by atoms with van der Waals surface area (Å²) in [6.45, 7) is 0. The maximum Gasteiger partial charge on any atom is 0.0547 e. The summed E-state index contributed by atoms with van der Waals surface area (Å²) >= 11 is 1.88. The van der Waals surface area contributed by atoms with Crippen LogP contribution >= 0.6 is 11.8 Å². The van der Waals surface area contributed by atoms with E-state index in [-0.39, 0.29) is 0 Å². The van der Waals surface area contributed by atoms with E-state index in [0.717, 1.165) is 0 Å². The molecule has 0 saturated carbocycles. The molecule has 1 nitrogen and oxygen atoms in total. The number of hydrogen-bond acceptors (Lipinski definition) is 1. The lowest BCUT2D eigenvalue weighted by Gasteiger charge is -2.21. The van der Waals surface area contributed by atoms with Crippen molar-refractivity contribution in [1.29, 1.82) is 0 Å². The second kappa shape index (κ2) is 8.35. The predicted molar refractivity (Wildman–Crippen MR) is 171 cm³/mol. The molecule has 9 rings (SSSR count). The molecule has 7 aromatic carbocycles. The van der Waals surface area contributed by atoms with Crippen LogP contribution in [0.15, 0.2) is 149 Å². The van der Waals surface area contributed by atoms with Gasteiger partial charge in [0.1, 0.15) is 0 Å². The Bertz CT molecular complexity index is 2290. The van der Waals surface area contributed by atoms with E-state index in [2.05, 4.69) is 144 Å². The highest BCUT2D eigenvalue weighted by atomic mass is 32.2. The van der Waals surface area contributed by atoms with Gasteiger partial charge in [0.05, 0.1) is 11.0 Å². The Hall–Kier alpha value is -4.79. The topological polar surface area (TPSA) is 4.93 Å². The van der Waals surface area contributed by atoms with Crippen LogP contribution in [0.5, 0.6) is 0 Å². The molecule has 0 amide bonds. The zero-order valence-electron chi connectivity index (χ0n) is 21.6. The third-order valence-corrected chi connectivity index (χ3v) is 9.51. The molecule has 0 radical (unpaired) electrons. The van der Waals surface area contributed by atoms with Crippen molar-refractivity contribution in [2.45, 2.75) is 9.79 Å². The van der Waals surface area contributed by atoms with Gasteiger partial charge in [0, 0.05) is 31.6 Å². The summed E-state index contributed by atoms with van der Waals surface area (Å²) in [5.41, 5.74) is 8.83. The lowest BCUT2D eigenvalue weighted by Crippen LogP contribution is -1.95. The van der Waals surface area contributed by atoms with E-state index in [4.69, 9.17) is 0 Å². The Kier molecular flexibility index (Phi) is 4.61. The number of aromatic nitrogens is 1. The molecule has 0 spiro atoms. The highest BCUT2D eigenvalue weighted by Gasteiger charge is 2.20. The molecule has 0 fully saturated rings. The van der Waals surface area contributed by atoms with E-state index < -0.39 is 0 Å². The summed E-state index contributed by atoms with van der Waals surface area (Å²) in [7, 11) is 0. The molecule has 0 bridgehead atoms. The van der Waals surface area contributed by atoms with Gasteiger partial charge < -0.3 is 4.57 Å². The van der Waals surface area contributed by atoms with Gasteiger partial charge >= 0.3 is 0 Å². The molecule has 1 aromatic heterocycles. The van der Waals surface area contributed by atoms with Crippen molar-refractivity contribution < 1.29 is 0 Å². The van der Waals surface area contributed by atoms with Gasteiger partial charge in [-0.2, -0.15) is 0 Å². The second-order valence-corrected chi connectivity index (χ2v) is 11.6. The normalized spacial score (nSPS) is 12.4. The average Bonchev–Trinajstić information content (AvgIpc) is 3.33. The minimum absolute atomic E-state index is 1.18. The lowest BCUT2D eigenvalue weighted by molar-refractivity contribution is 1.18. The van der Waals surface area contributed by atoms with Crippen molar-refractivity contribution >= 4 is 55.1 Å². The van der Waals surface area contributed by atoms with E-state index in [0.29, 0.717) is 0 Å². The number of para-hydroxylation sites is 1. The van der Waals surface area contributed by atoms with Crippen LogP contribution in [0, 0.1) is 0 Å². The first-order valence-corrected chi connectivity index (χ1v) is 14.5. The van der Waals surface area contributed by atoms with Gasteiger partial charge in [-0.1, -0.05) is 109 Å². The molecule has 0 unspecified atom stereocenters. The van der Waals surface area contributed by atoms with Gasteiger partial charge in [0.25, 0.3) is 0 Å². The molecular weight excluding hydrogens is 502 g/mol. The van der Waals surface area contributed by atoms with Crippen LogP contribution in [-0.2, 0) is 0 Å². The van der Waals surface area contributed by atoms with Crippen LogP contribution in [0.3, 0.4) is 0 Å². The van der Waals surface area contributed by atoms with Crippen molar-refractivity contribution in [1.82, 2.24) is 4.57 Å². The molecule has 2 heterocycles. The average molecular weight is 526 g/mol. The van der Waals surface area contributed by atoms with E-state index in [1.54, 1.807) is 0 Å². The zero-order chi connectivity index (χ0) is 26.2. The summed E-state index contributed by atoms with van der Waals surface area (Å²) in [6.07, 6.45) is 0. The Morgan fingerprint density at radius 1 is 0.425 bits per heavy atom. The third-order valence-electron chi connectivity index (χ3n) is 8.38. The molecular formula is C38H23NS. The van der Waals surface area contributed by atoms with Crippen molar-refractivity contribution in [2.75, 3.05) is 0 Å². The first-order valence-electron chi connectivity index (χ1n) is 13.7. The van der Waals surface area contributed by atoms with Gasteiger partial charge in [-0.15, -0.1) is 0 Å². The molecule has 0 aliphatic carbocycles. The number of rotatable bonds is 2. The Morgan fingerprint density at radius 2 is 1.15 bits per heavy atom. The number of fused-ring (bicyclic) bond motifs is 6. The van der Waals surface area contributed by atoms with Gasteiger partial charge in [0.2, 0.25) is 0 Å². The molecule has 0 saturated heterocycles. The molecule has 1 aliphatic heterocycles. The van der Waals surface area contributed by atoms with Crippen molar-refractivity contribution in [3.05, 3.63) is 140 Å². The van der Waals surface area contributed by atoms with Crippen LogP contribution < -0.4 is 0 Å². The standard InChI is InChI=1S/C38H23NS/c1-2-9-26-23-35-33(22-25(26)8-1)29-10-3-5-14-34(29)39(35)27-18-16-24(17-19-27)28-20-21-37-38-31(28)12-7-13-32(38)30-11-4-6-15-36(30)40-37/h1-23H. The van der Waals surface area contributed by atoms with Crippen molar-refractivity contribution in [3.8, 4) is 27.9 Å². The Morgan fingerprint density at radius 3 is 2.05 bits per heavy atom. The van der Waals surface area contributed by atoms with Crippen molar-refractivity contribution in [2.24, 2.45) is 0 Å².